The first kappa shape index (κ1) is 12.7. The van der Waals surface area contributed by atoms with Crippen LogP contribution in [0.2, 0.25) is 0 Å². The maximum atomic E-state index is 5.59. The zero-order valence-corrected chi connectivity index (χ0v) is 11.6. The molecule has 1 aromatic rings. The van der Waals surface area contributed by atoms with Crippen LogP contribution in [0, 0.1) is 0 Å². The van der Waals surface area contributed by atoms with Gasteiger partial charge in [-0.15, -0.1) is 0 Å². The van der Waals surface area contributed by atoms with Crippen molar-refractivity contribution in [2.75, 3.05) is 25.6 Å². The van der Waals surface area contributed by atoms with E-state index < -0.39 is 0 Å². The van der Waals surface area contributed by atoms with E-state index in [1.807, 2.05) is 18.2 Å². The van der Waals surface area contributed by atoms with E-state index in [4.69, 9.17) is 9.47 Å². The van der Waals surface area contributed by atoms with E-state index in [-0.39, 0.29) is 0 Å². The molecule has 2 rings (SSSR count). The van der Waals surface area contributed by atoms with Gasteiger partial charge in [-0.2, -0.15) is 0 Å². The lowest BCUT2D eigenvalue weighted by Gasteiger charge is -2.13. The van der Waals surface area contributed by atoms with Gasteiger partial charge in [-0.25, -0.2) is 0 Å². The molecule has 94 valence electrons. The summed E-state index contributed by atoms with van der Waals surface area (Å²) in [5.74, 6) is 0.876. The Hall–Kier alpha value is -0.740. The summed E-state index contributed by atoms with van der Waals surface area (Å²) < 4.78 is 12.0. The molecular formula is C13H18BrNO2. The van der Waals surface area contributed by atoms with E-state index in [1.165, 1.54) is 12.8 Å². The molecule has 4 heteroatoms. The fourth-order valence-electron chi connectivity index (χ4n) is 2.06. The van der Waals surface area contributed by atoms with Crippen molar-refractivity contribution >= 4 is 21.6 Å². The average Bonchev–Trinajstić information content (AvgIpc) is 2.82. The van der Waals surface area contributed by atoms with Gasteiger partial charge in [-0.05, 0) is 37.5 Å². The molecule has 1 fully saturated rings. The molecule has 1 unspecified atom stereocenters. The van der Waals surface area contributed by atoms with Crippen LogP contribution in [0.25, 0.3) is 0 Å². The normalized spacial score (nSPS) is 19.3. The molecule has 0 aliphatic carbocycles. The molecule has 1 atom stereocenters. The number of anilines is 1. The summed E-state index contributed by atoms with van der Waals surface area (Å²) in [6, 6.07) is 5.97. The van der Waals surface area contributed by atoms with Crippen molar-refractivity contribution in [2.24, 2.45) is 0 Å². The van der Waals surface area contributed by atoms with Crippen LogP contribution < -0.4 is 10.1 Å². The van der Waals surface area contributed by atoms with Crippen molar-refractivity contribution in [2.45, 2.75) is 25.4 Å². The first-order valence-electron chi connectivity index (χ1n) is 5.98. The van der Waals surface area contributed by atoms with Crippen LogP contribution in [0.15, 0.2) is 22.7 Å². The highest BCUT2D eigenvalue weighted by Gasteiger charge is 2.14. The fourth-order valence-corrected chi connectivity index (χ4v) is 2.42. The summed E-state index contributed by atoms with van der Waals surface area (Å²) in [6.45, 7) is 1.84. The Labute approximate surface area is 111 Å². The number of nitrogens with one attached hydrogen (secondary N) is 1. The highest BCUT2D eigenvalue weighted by molar-refractivity contribution is 9.10. The third-order valence-corrected chi connectivity index (χ3v) is 3.46. The highest BCUT2D eigenvalue weighted by atomic mass is 79.9. The summed E-state index contributed by atoms with van der Waals surface area (Å²) in [5, 5.41) is 3.40. The Kier molecular flexibility index (Phi) is 4.68. The molecule has 0 amide bonds. The standard InChI is InChI=1S/C13H18BrNO2/c1-16-13-5-4-10(14)9-12(13)15-7-6-11-3-2-8-17-11/h4-5,9,11,15H,2-3,6-8H2,1H3. The molecule has 1 N–H and O–H groups in total. The lowest BCUT2D eigenvalue weighted by molar-refractivity contribution is 0.107. The zero-order valence-electron chi connectivity index (χ0n) is 10.0. The van der Waals surface area contributed by atoms with Crippen LogP contribution in [0.1, 0.15) is 19.3 Å². The minimum absolute atomic E-state index is 0.431. The molecule has 17 heavy (non-hydrogen) atoms. The van der Waals surface area contributed by atoms with Crippen molar-refractivity contribution in [3.8, 4) is 5.75 Å². The number of halogens is 1. The fraction of sp³-hybridized carbons (Fsp3) is 0.538. The number of hydrogen-bond donors (Lipinski definition) is 1. The van der Waals surface area contributed by atoms with E-state index in [0.717, 1.165) is 35.5 Å². The van der Waals surface area contributed by atoms with Crippen LogP contribution >= 0.6 is 15.9 Å². The van der Waals surface area contributed by atoms with Gasteiger partial charge < -0.3 is 14.8 Å². The maximum Gasteiger partial charge on any atom is 0.142 e. The second-order valence-electron chi connectivity index (χ2n) is 4.20. The lowest BCUT2D eigenvalue weighted by atomic mass is 10.2. The molecule has 0 bridgehead atoms. The lowest BCUT2D eigenvalue weighted by Crippen LogP contribution is -2.12. The largest absolute Gasteiger partial charge is 0.495 e. The molecule has 0 saturated carbocycles. The van der Waals surface area contributed by atoms with Crippen molar-refractivity contribution in [1.29, 1.82) is 0 Å². The number of ether oxygens (including phenoxy) is 2. The Balaban J connectivity index is 1.86. The second-order valence-corrected chi connectivity index (χ2v) is 5.11. The molecule has 1 aliphatic heterocycles. The van der Waals surface area contributed by atoms with Crippen molar-refractivity contribution in [3.05, 3.63) is 22.7 Å². The smallest absolute Gasteiger partial charge is 0.142 e. The molecule has 3 nitrogen and oxygen atoms in total. The first-order chi connectivity index (χ1) is 8.29. The van der Waals surface area contributed by atoms with Crippen LogP contribution in [0.5, 0.6) is 5.75 Å². The van der Waals surface area contributed by atoms with Gasteiger partial charge in [0, 0.05) is 17.6 Å². The topological polar surface area (TPSA) is 30.5 Å². The Bertz CT molecular complexity index is 364. The summed E-state index contributed by atoms with van der Waals surface area (Å²) in [7, 11) is 1.69. The summed E-state index contributed by atoms with van der Waals surface area (Å²) in [6.07, 6.45) is 3.87. The summed E-state index contributed by atoms with van der Waals surface area (Å²) in [5.41, 5.74) is 1.03. The predicted molar refractivity (Wildman–Crippen MR) is 72.8 cm³/mol. The van der Waals surface area contributed by atoms with Gasteiger partial charge >= 0.3 is 0 Å². The first-order valence-corrected chi connectivity index (χ1v) is 6.78. The Morgan fingerprint density at radius 2 is 2.41 bits per heavy atom. The van der Waals surface area contributed by atoms with E-state index in [1.54, 1.807) is 7.11 Å². The van der Waals surface area contributed by atoms with Crippen molar-refractivity contribution < 1.29 is 9.47 Å². The number of benzene rings is 1. The average molecular weight is 300 g/mol. The molecule has 1 aliphatic rings. The van der Waals surface area contributed by atoms with Gasteiger partial charge in [0.2, 0.25) is 0 Å². The van der Waals surface area contributed by atoms with Crippen LogP contribution in [-0.4, -0.2) is 26.4 Å². The van der Waals surface area contributed by atoms with Crippen LogP contribution in [-0.2, 0) is 4.74 Å². The number of hydrogen-bond acceptors (Lipinski definition) is 3. The van der Waals surface area contributed by atoms with Gasteiger partial charge in [0.25, 0.3) is 0 Å². The molecule has 1 aromatic carbocycles. The predicted octanol–water partition coefficient (Wildman–Crippen LogP) is 3.44. The number of rotatable bonds is 5. The van der Waals surface area contributed by atoms with Gasteiger partial charge in [-0.3, -0.25) is 0 Å². The van der Waals surface area contributed by atoms with Crippen molar-refractivity contribution in [3.63, 3.8) is 0 Å². The monoisotopic (exact) mass is 299 g/mol. The number of methoxy groups -OCH3 is 1. The van der Waals surface area contributed by atoms with E-state index in [9.17, 15) is 0 Å². The maximum absolute atomic E-state index is 5.59. The molecule has 1 heterocycles. The minimum Gasteiger partial charge on any atom is -0.495 e. The van der Waals surface area contributed by atoms with E-state index in [2.05, 4.69) is 21.2 Å². The van der Waals surface area contributed by atoms with Gasteiger partial charge in [-0.1, -0.05) is 15.9 Å². The van der Waals surface area contributed by atoms with E-state index in [0.29, 0.717) is 6.10 Å². The third kappa shape index (κ3) is 3.61. The molecule has 1 saturated heterocycles. The summed E-state index contributed by atoms with van der Waals surface area (Å²) in [4.78, 5) is 0. The Morgan fingerprint density at radius 1 is 1.53 bits per heavy atom. The van der Waals surface area contributed by atoms with Gasteiger partial charge in [0.15, 0.2) is 0 Å². The van der Waals surface area contributed by atoms with Crippen molar-refractivity contribution in [1.82, 2.24) is 0 Å². The van der Waals surface area contributed by atoms with Gasteiger partial charge in [0.1, 0.15) is 5.75 Å². The van der Waals surface area contributed by atoms with Crippen LogP contribution in [0.3, 0.4) is 0 Å². The Morgan fingerprint density at radius 3 is 3.12 bits per heavy atom. The van der Waals surface area contributed by atoms with E-state index >= 15 is 0 Å². The molecular weight excluding hydrogens is 282 g/mol. The second kappa shape index (κ2) is 6.26. The highest BCUT2D eigenvalue weighted by Crippen LogP contribution is 2.28. The minimum atomic E-state index is 0.431. The zero-order chi connectivity index (χ0) is 12.1. The quantitative estimate of drug-likeness (QED) is 0.903. The summed E-state index contributed by atoms with van der Waals surface area (Å²) >= 11 is 3.46. The molecule has 0 radical (unpaired) electrons. The third-order valence-electron chi connectivity index (χ3n) is 2.97. The van der Waals surface area contributed by atoms with Gasteiger partial charge in [0.05, 0.1) is 18.9 Å². The SMILES string of the molecule is COc1ccc(Br)cc1NCCC1CCCO1. The van der Waals surface area contributed by atoms with Crippen LogP contribution in [0.4, 0.5) is 5.69 Å². The molecule has 0 aromatic heterocycles. The molecule has 0 spiro atoms.